The summed E-state index contributed by atoms with van der Waals surface area (Å²) in [6, 6.07) is 7.29. The first-order valence-corrected chi connectivity index (χ1v) is 8.97. The molecule has 31 heavy (non-hydrogen) atoms. The van der Waals surface area contributed by atoms with Crippen LogP contribution in [0.4, 0.5) is 18.9 Å². The maximum Gasteiger partial charge on any atom is 0.333 e. The van der Waals surface area contributed by atoms with E-state index in [-0.39, 0.29) is 34.9 Å². The number of amides is 1. The molecule has 0 spiro atoms. The van der Waals surface area contributed by atoms with Crippen LogP contribution in [0.1, 0.15) is 40.8 Å². The van der Waals surface area contributed by atoms with Crippen LogP contribution in [-0.4, -0.2) is 31.3 Å². The molecule has 0 fully saturated rings. The molecule has 158 valence electrons. The van der Waals surface area contributed by atoms with E-state index in [2.05, 4.69) is 20.5 Å². The highest BCUT2D eigenvalue weighted by Gasteiger charge is 2.35. The molecule has 9 nitrogen and oxygen atoms in total. The fourth-order valence-electron chi connectivity index (χ4n) is 3.37. The van der Waals surface area contributed by atoms with E-state index in [1.165, 1.54) is 22.9 Å². The second-order valence-electron chi connectivity index (χ2n) is 7.09. The minimum absolute atomic E-state index is 0.0810. The zero-order valence-corrected chi connectivity index (χ0v) is 16.1. The van der Waals surface area contributed by atoms with Gasteiger partial charge in [0.1, 0.15) is 29.0 Å². The van der Waals surface area contributed by atoms with Crippen LogP contribution in [0.2, 0.25) is 0 Å². The van der Waals surface area contributed by atoms with Crippen LogP contribution in [0.5, 0.6) is 0 Å². The summed E-state index contributed by atoms with van der Waals surface area (Å²) in [7, 11) is 0. The van der Waals surface area contributed by atoms with E-state index in [0.717, 1.165) is 18.5 Å². The number of nitrogens with zero attached hydrogens (tertiary/aromatic N) is 6. The molecule has 3 heterocycles. The van der Waals surface area contributed by atoms with Gasteiger partial charge in [-0.15, -0.1) is 0 Å². The zero-order chi connectivity index (χ0) is 22.3. The number of nitrogens with two attached hydrogens (primary N) is 1. The van der Waals surface area contributed by atoms with Crippen LogP contribution < -0.4 is 11.1 Å². The van der Waals surface area contributed by atoms with Crippen molar-refractivity contribution >= 4 is 17.4 Å². The summed E-state index contributed by atoms with van der Waals surface area (Å²) in [4.78, 5) is 16.8. The average Bonchev–Trinajstić information content (AvgIpc) is 3.36. The summed E-state index contributed by atoms with van der Waals surface area (Å²) in [6.45, 7) is -1.12. The molecule has 4 rings (SSSR count). The first kappa shape index (κ1) is 20.1. The van der Waals surface area contributed by atoms with Gasteiger partial charge < -0.3 is 11.1 Å². The van der Waals surface area contributed by atoms with Crippen molar-refractivity contribution in [3.63, 3.8) is 0 Å². The Hall–Kier alpha value is -4.14. The summed E-state index contributed by atoms with van der Waals surface area (Å²) < 4.78 is 41.9. The van der Waals surface area contributed by atoms with E-state index in [4.69, 9.17) is 11.0 Å². The van der Waals surface area contributed by atoms with E-state index < -0.39 is 23.8 Å². The molecule has 0 unspecified atom stereocenters. The lowest BCUT2D eigenvalue weighted by atomic mass is 9.90. The van der Waals surface area contributed by atoms with Crippen LogP contribution in [-0.2, 0) is 12.1 Å². The molecular formula is C19H15F3N8O. The number of halogens is 3. The van der Waals surface area contributed by atoms with E-state index in [1.54, 1.807) is 6.92 Å². The standard InChI is InChI=1S/C19H15F3N8O/c1-19(9-30-15(16(24)27-19)5-12(6-23)28-30)13-4-11(2-3-14(13)20)26-17(31)10-7-25-29(8-10)18(21)22/h2-5,7-8,18H,9H2,1H3,(H2,24,27)(H,26,31)/t19-/m1/s1. The van der Waals surface area contributed by atoms with Crippen molar-refractivity contribution in [3.05, 3.63) is 65.0 Å². The van der Waals surface area contributed by atoms with E-state index in [1.807, 2.05) is 6.07 Å². The van der Waals surface area contributed by atoms with Crippen LogP contribution in [0, 0.1) is 17.1 Å². The first-order chi connectivity index (χ1) is 14.7. The monoisotopic (exact) mass is 428 g/mol. The van der Waals surface area contributed by atoms with Gasteiger partial charge in [-0.2, -0.15) is 24.2 Å². The van der Waals surface area contributed by atoms with Gasteiger partial charge in [0.05, 0.1) is 18.3 Å². The Labute approximate surface area is 173 Å². The Morgan fingerprint density at radius 1 is 1.39 bits per heavy atom. The van der Waals surface area contributed by atoms with Gasteiger partial charge in [-0.3, -0.25) is 14.5 Å². The Morgan fingerprint density at radius 2 is 2.16 bits per heavy atom. The Balaban J connectivity index is 1.64. The molecular weight excluding hydrogens is 413 g/mol. The largest absolute Gasteiger partial charge is 0.382 e. The normalized spacial score (nSPS) is 17.7. The molecule has 1 atom stereocenters. The Kier molecular flexibility index (Phi) is 4.73. The number of rotatable bonds is 4. The topological polar surface area (TPSA) is 127 Å². The van der Waals surface area contributed by atoms with Gasteiger partial charge in [0, 0.05) is 23.5 Å². The number of anilines is 1. The molecule has 1 amide bonds. The number of nitrogens with one attached hydrogen (secondary N) is 1. The molecule has 0 saturated carbocycles. The smallest absolute Gasteiger partial charge is 0.333 e. The minimum atomic E-state index is -2.87. The maximum absolute atomic E-state index is 14.7. The summed E-state index contributed by atoms with van der Waals surface area (Å²) in [5.74, 6) is -1.18. The molecule has 0 saturated heterocycles. The number of nitriles is 1. The van der Waals surface area contributed by atoms with Crippen molar-refractivity contribution < 1.29 is 18.0 Å². The van der Waals surface area contributed by atoms with E-state index in [0.29, 0.717) is 10.4 Å². The highest BCUT2D eigenvalue weighted by molar-refractivity contribution is 6.04. The quantitative estimate of drug-likeness (QED) is 0.660. The SMILES string of the molecule is C[C@]1(c2cc(NC(=O)c3cnn(C(F)F)c3)ccc2F)Cn2nc(C#N)cc2C(N)=N1. The van der Waals surface area contributed by atoms with Gasteiger partial charge in [0.15, 0.2) is 5.69 Å². The average molecular weight is 428 g/mol. The number of benzene rings is 1. The number of amidine groups is 1. The molecule has 0 bridgehead atoms. The summed E-state index contributed by atoms with van der Waals surface area (Å²) in [5.41, 5.74) is 5.74. The predicted octanol–water partition coefficient (Wildman–Crippen LogP) is 2.37. The van der Waals surface area contributed by atoms with Crippen LogP contribution in [0.3, 0.4) is 0 Å². The number of hydrogen-bond donors (Lipinski definition) is 2. The van der Waals surface area contributed by atoms with Gasteiger partial charge in [0.2, 0.25) is 0 Å². The fraction of sp³-hybridized carbons (Fsp3) is 0.211. The third kappa shape index (κ3) is 3.61. The minimum Gasteiger partial charge on any atom is -0.382 e. The van der Waals surface area contributed by atoms with Gasteiger partial charge in [-0.05, 0) is 25.1 Å². The van der Waals surface area contributed by atoms with Crippen molar-refractivity contribution in [2.24, 2.45) is 10.7 Å². The van der Waals surface area contributed by atoms with Crippen molar-refractivity contribution in [3.8, 4) is 6.07 Å². The molecule has 0 radical (unpaired) electrons. The second kappa shape index (κ2) is 7.28. The lowest BCUT2D eigenvalue weighted by Crippen LogP contribution is -2.37. The van der Waals surface area contributed by atoms with Crippen molar-refractivity contribution in [1.82, 2.24) is 19.6 Å². The Morgan fingerprint density at radius 3 is 2.84 bits per heavy atom. The van der Waals surface area contributed by atoms with Crippen LogP contribution >= 0.6 is 0 Å². The lowest BCUT2D eigenvalue weighted by Gasteiger charge is -2.31. The van der Waals surface area contributed by atoms with Gasteiger partial charge >= 0.3 is 6.55 Å². The van der Waals surface area contributed by atoms with Crippen LogP contribution in [0.25, 0.3) is 0 Å². The van der Waals surface area contributed by atoms with Gasteiger partial charge in [0.25, 0.3) is 5.91 Å². The number of hydrogen-bond acceptors (Lipinski definition) is 6. The second-order valence-corrected chi connectivity index (χ2v) is 7.09. The summed E-state index contributed by atoms with van der Waals surface area (Å²) in [5, 5.41) is 19.1. The zero-order valence-electron chi connectivity index (χ0n) is 16.1. The molecule has 12 heteroatoms. The molecule has 2 aromatic heterocycles. The molecule has 3 N–H and O–H groups in total. The number of carbonyl (C=O) groups excluding carboxylic acids is 1. The van der Waals surface area contributed by atoms with Gasteiger partial charge in [-0.1, -0.05) is 0 Å². The molecule has 1 aromatic carbocycles. The number of aromatic nitrogens is 4. The van der Waals surface area contributed by atoms with Gasteiger partial charge in [-0.25, -0.2) is 9.07 Å². The summed E-state index contributed by atoms with van der Waals surface area (Å²) in [6.07, 6.45) is 1.91. The van der Waals surface area contributed by atoms with Crippen molar-refractivity contribution in [2.45, 2.75) is 25.6 Å². The predicted molar refractivity (Wildman–Crippen MR) is 103 cm³/mol. The number of fused-ring (bicyclic) bond motifs is 1. The van der Waals surface area contributed by atoms with Crippen molar-refractivity contribution in [1.29, 1.82) is 5.26 Å². The maximum atomic E-state index is 14.7. The number of carbonyl (C=O) groups is 1. The number of aliphatic imine (C=N–C) groups is 1. The third-order valence-corrected chi connectivity index (χ3v) is 4.85. The molecule has 3 aromatic rings. The molecule has 0 aliphatic carbocycles. The van der Waals surface area contributed by atoms with Crippen LogP contribution in [0.15, 0.2) is 41.7 Å². The highest BCUT2D eigenvalue weighted by Crippen LogP contribution is 2.34. The van der Waals surface area contributed by atoms with E-state index in [9.17, 15) is 18.0 Å². The van der Waals surface area contributed by atoms with E-state index >= 15 is 0 Å². The molecule has 1 aliphatic rings. The first-order valence-electron chi connectivity index (χ1n) is 8.97. The third-order valence-electron chi connectivity index (χ3n) is 4.85. The Bertz CT molecular complexity index is 1260. The molecule has 1 aliphatic heterocycles. The summed E-state index contributed by atoms with van der Waals surface area (Å²) >= 11 is 0. The number of alkyl halides is 2. The van der Waals surface area contributed by atoms with Crippen molar-refractivity contribution in [2.75, 3.05) is 5.32 Å². The fourth-order valence-corrected chi connectivity index (χ4v) is 3.37. The lowest BCUT2D eigenvalue weighted by molar-refractivity contribution is 0.0565. The highest BCUT2D eigenvalue weighted by atomic mass is 19.3.